The zero-order chi connectivity index (χ0) is 17.3. The summed E-state index contributed by atoms with van der Waals surface area (Å²) < 4.78 is 5.14. The average Bonchev–Trinajstić information content (AvgIpc) is 2.52. The Labute approximate surface area is 164 Å². The number of hydrogen-bond acceptors (Lipinski definition) is 3. The SMILES string of the molecule is CN=C(NCC(C)(C)NC(C)c1ccccc1)NC(C)COC.I. The second kappa shape index (κ2) is 11.7. The molecule has 1 aromatic carbocycles. The van der Waals surface area contributed by atoms with Gasteiger partial charge in [0.05, 0.1) is 6.61 Å². The van der Waals surface area contributed by atoms with Crippen LogP contribution in [0.4, 0.5) is 0 Å². The van der Waals surface area contributed by atoms with Gasteiger partial charge >= 0.3 is 0 Å². The zero-order valence-electron chi connectivity index (χ0n) is 15.7. The van der Waals surface area contributed by atoms with Crippen LogP contribution in [0.3, 0.4) is 0 Å². The molecule has 0 aliphatic carbocycles. The van der Waals surface area contributed by atoms with E-state index < -0.39 is 0 Å². The smallest absolute Gasteiger partial charge is 0.191 e. The first-order chi connectivity index (χ1) is 10.9. The van der Waals surface area contributed by atoms with Crippen molar-refractivity contribution in [3.05, 3.63) is 35.9 Å². The van der Waals surface area contributed by atoms with E-state index in [0.29, 0.717) is 6.61 Å². The summed E-state index contributed by atoms with van der Waals surface area (Å²) >= 11 is 0. The Morgan fingerprint density at radius 3 is 2.38 bits per heavy atom. The highest BCUT2D eigenvalue weighted by atomic mass is 127. The highest BCUT2D eigenvalue weighted by Gasteiger charge is 2.21. The number of aliphatic imine (C=N–C) groups is 1. The second-order valence-electron chi connectivity index (χ2n) is 6.59. The third-order valence-electron chi connectivity index (χ3n) is 3.63. The van der Waals surface area contributed by atoms with Crippen LogP contribution in [0.2, 0.25) is 0 Å². The number of methoxy groups -OCH3 is 1. The van der Waals surface area contributed by atoms with E-state index in [-0.39, 0.29) is 41.6 Å². The fourth-order valence-corrected chi connectivity index (χ4v) is 2.49. The van der Waals surface area contributed by atoms with Crippen LogP contribution in [0.1, 0.15) is 39.3 Å². The molecule has 0 radical (unpaired) electrons. The lowest BCUT2D eigenvalue weighted by atomic mass is 10.0. The van der Waals surface area contributed by atoms with E-state index in [2.05, 4.69) is 72.9 Å². The fraction of sp³-hybridized carbons (Fsp3) is 0.611. The minimum absolute atomic E-state index is 0. The molecule has 1 rings (SSSR count). The van der Waals surface area contributed by atoms with Crippen molar-refractivity contribution in [1.82, 2.24) is 16.0 Å². The largest absolute Gasteiger partial charge is 0.383 e. The summed E-state index contributed by atoms with van der Waals surface area (Å²) in [7, 11) is 3.48. The molecule has 0 amide bonds. The maximum absolute atomic E-state index is 5.14. The van der Waals surface area contributed by atoms with Crippen molar-refractivity contribution in [1.29, 1.82) is 0 Å². The summed E-state index contributed by atoms with van der Waals surface area (Å²) in [4.78, 5) is 4.26. The lowest BCUT2D eigenvalue weighted by Gasteiger charge is -2.31. The molecule has 138 valence electrons. The fourth-order valence-electron chi connectivity index (χ4n) is 2.49. The van der Waals surface area contributed by atoms with Gasteiger partial charge in [-0.2, -0.15) is 0 Å². The number of nitrogens with one attached hydrogen (secondary N) is 3. The van der Waals surface area contributed by atoms with Gasteiger partial charge in [0.15, 0.2) is 5.96 Å². The Bertz CT molecular complexity index is 479. The van der Waals surface area contributed by atoms with Crippen LogP contribution in [0.25, 0.3) is 0 Å². The molecule has 0 fully saturated rings. The highest BCUT2D eigenvalue weighted by Crippen LogP contribution is 2.15. The van der Waals surface area contributed by atoms with E-state index in [1.54, 1.807) is 14.2 Å². The Morgan fingerprint density at radius 1 is 1.21 bits per heavy atom. The average molecular weight is 448 g/mol. The molecular formula is C18H33IN4O. The molecule has 0 spiro atoms. The van der Waals surface area contributed by atoms with Gasteiger partial charge in [0.25, 0.3) is 0 Å². The lowest BCUT2D eigenvalue weighted by molar-refractivity contribution is 0.179. The summed E-state index contributed by atoms with van der Waals surface area (Å²) in [6.07, 6.45) is 0. The molecule has 0 saturated heterocycles. The number of benzene rings is 1. The van der Waals surface area contributed by atoms with Gasteiger partial charge in [-0.1, -0.05) is 30.3 Å². The number of rotatable bonds is 8. The van der Waals surface area contributed by atoms with Gasteiger partial charge in [0.1, 0.15) is 0 Å². The summed E-state index contributed by atoms with van der Waals surface area (Å²) in [5.41, 5.74) is 1.22. The number of hydrogen-bond donors (Lipinski definition) is 3. The van der Waals surface area contributed by atoms with E-state index in [0.717, 1.165) is 12.5 Å². The third-order valence-corrected chi connectivity index (χ3v) is 3.63. The first-order valence-corrected chi connectivity index (χ1v) is 8.16. The van der Waals surface area contributed by atoms with Gasteiger partial charge in [-0.3, -0.25) is 4.99 Å². The zero-order valence-corrected chi connectivity index (χ0v) is 18.0. The van der Waals surface area contributed by atoms with Gasteiger partial charge in [0.2, 0.25) is 0 Å². The van der Waals surface area contributed by atoms with Crippen LogP contribution in [0.5, 0.6) is 0 Å². The molecule has 0 heterocycles. The predicted octanol–water partition coefficient (Wildman–Crippen LogP) is 2.93. The topological polar surface area (TPSA) is 57.7 Å². The van der Waals surface area contributed by atoms with Gasteiger partial charge < -0.3 is 20.7 Å². The minimum Gasteiger partial charge on any atom is -0.383 e. The molecule has 2 unspecified atom stereocenters. The first kappa shape index (κ1) is 23.1. The van der Waals surface area contributed by atoms with E-state index in [1.165, 1.54) is 5.56 Å². The van der Waals surface area contributed by atoms with Gasteiger partial charge in [-0.15, -0.1) is 24.0 Å². The maximum atomic E-state index is 5.14. The van der Waals surface area contributed by atoms with Gasteiger partial charge in [0, 0.05) is 38.3 Å². The summed E-state index contributed by atoms with van der Waals surface area (Å²) in [5, 5.41) is 10.3. The van der Waals surface area contributed by atoms with E-state index in [1.807, 2.05) is 6.07 Å². The van der Waals surface area contributed by atoms with Crippen molar-refractivity contribution in [2.75, 3.05) is 27.3 Å². The summed E-state index contributed by atoms with van der Waals surface area (Å²) in [6, 6.07) is 11.0. The van der Waals surface area contributed by atoms with Crippen LogP contribution < -0.4 is 16.0 Å². The van der Waals surface area contributed by atoms with Crippen molar-refractivity contribution in [2.45, 2.75) is 45.3 Å². The molecule has 6 heteroatoms. The molecule has 24 heavy (non-hydrogen) atoms. The van der Waals surface area contributed by atoms with E-state index >= 15 is 0 Å². The molecule has 2 atom stereocenters. The van der Waals surface area contributed by atoms with Crippen molar-refractivity contribution in [2.24, 2.45) is 4.99 Å². The first-order valence-electron chi connectivity index (χ1n) is 8.16. The normalized spacial score (nSPS) is 14.5. The van der Waals surface area contributed by atoms with E-state index in [4.69, 9.17) is 4.74 Å². The van der Waals surface area contributed by atoms with Gasteiger partial charge in [-0.25, -0.2) is 0 Å². The van der Waals surface area contributed by atoms with Gasteiger partial charge in [-0.05, 0) is 33.3 Å². The minimum atomic E-state index is -0.0721. The Balaban J connectivity index is 0.00000529. The molecule has 5 nitrogen and oxygen atoms in total. The molecule has 0 bridgehead atoms. The standard InChI is InChI=1S/C18H32N4O.HI/c1-14(12-23-6)21-17(19-5)20-13-18(3,4)22-15(2)16-10-8-7-9-11-16;/h7-11,14-15,22H,12-13H2,1-6H3,(H2,19,20,21);1H. The van der Waals surface area contributed by atoms with Crippen molar-refractivity contribution >= 4 is 29.9 Å². The van der Waals surface area contributed by atoms with Crippen LogP contribution in [-0.2, 0) is 4.74 Å². The maximum Gasteiger partial charge on any atom is 0.191 e. The number of guanidine groups is 1. The summed E-state index contributed by atoms with van der Waals surface area (Å²) in [6.45, 7) is 10.0. The Morgan fingerprint density at radius 2 is 1.83 bits per heavy atom. The van der Waals surface area contributed by atoms with Crippen LogP contribution in [0.15, 0.2) is 35.3 Å². The number of ether oxygens (including phenoxy) is 1. The van der Waals surface area contributed by atoms with Crippen LogP contribution >= 0.6 is 24.0 Å². The van der Waals surface area contributed by atoms with Crippen LogP contribution in [0, 0.1) is 0 Å². The number of halogens is 1. The molecule has 0 aliphatic heterocycles. The quantitative estimate of drug-likeness (QED) is 0.325. The Hall–Kier alpha value is -0.860. The second-order valence-corrected chi connectivity index (χ2v) is 6.59. The predicted molar refractivity (Wildman–Crippen MR) is 113 cm³/mol. The van der Waals surface area contributed by atoms with Crippen LogP contribution in [-0.4, -0.2) is 44.8 Å². The summed E-state index contributed by atoms with van der Waals surface area (Å²) in [5.74, 6) is 0.789. The monoisotopic (exact) mass is 448 g/mol. The lowest BCUT2D eigenvalue weighted by Crippen LogP contribution is -2.53. The van der Waals surface area contributed by atoms with Crippen molar-refractivity contribution in [3.63, 3.8) is 0 Å². The van der Waals surface area contributed by atoms with E-state index in [9.17, 15) is 0 Å². The molecule has 0 aromatic heterocycles. The molecular weight excluding hydrogens is 415 g/mol. The molecule has 0 saturated carbocycles. The highest BCUT2D eigenvalue weighted by molar-refractivity contribution is 14.0. The van der Waals surface area contributed by atoms with Crippen molar-refractivity contribution in [3.8, 4) is 0 Å². The molecule has 0 aliphatic rings. The van der Waals surface area contributed by atoms with Crippen molar-refractivity contribution < 1.29 is 4.74 Å². The molecule has 1 aromatic rings. The Kier molecular flexibility index (Phi) is 11.2. The number of nitrogens with zero attached hydrogens (tertiary/aromatic N) is 1. The molecule has 3 N–H and O–H groups in total. The third kappa shape index (κ3) is 8.84.